The molecule has 140 valence electrons. The van der Waals surface area contributed by atoms with Crippen molar-refractivity contribution in [3.63, 3.8) is 0 Å². The second-order valence-corrected chi connectivity index (χ2v) is 6.17. The van der Waals surface area contributed by atoms with Gasteiger partial charge in [-0.15, -0.1) is 24.0 Å². The number of halogens is 3. The summed E-state index contributed by atoms with van der Waals surface area (Å²) in [6.07, 6.45) is 4.38. The molecule has 25 heavy (non-hydrogen) atoms. The minimum atomic E-state index is -0.498. The van der Waals surface area contributed by atoms with Crippen LogP contribution in [0.15, 0.2) is 23.2 Å². The molecule has 5 nitrogen and oxygen atoms in total. The van der Waals surface area contributed by atoms with Gasteiger partial charge in [0.05, 0.1) is 13.1 Å². The summed E-state index contributed by atoms with van der Waals surface area (Å²) in [6.45, 7) is 0.0962. The lowest BCUT2D eigenvalue weighted by Crippen LogP contribution is -2.46. The van der Waals surface area contributed by atoms with Crippen molar-refractivity contribution in [3.05, 3.63) is 35.4 Å². The Morgan fingerprint density at radius 2 is 1.96 bits per heavy atom. The smallest absolute Gasteiger partial charge is 0.241 e. The summed E-state index contributed by atoms with van der Waals surface area (Å²) in [5.74, 6) is -0.638. The second kappa shape index (κ2) is 10.5. The zero-order valence-corrected chi connectivity index (χ0v) is 16.8. The topological polar surface area (TPSA) is 56.7 Å². The van der Waals surface area contributed by atoms with Gasteiger partial charge in [0.2, 0.25) is 5.91 Å². The maximum absolute atomic E-state index is 13.7. The van der Waals surface area contributed by atoms with Crippen molar-refractivity contribution in [2.24, 2.45) is 4.99 Å². The summed E-state index contributed by atoms with van der Waals surface area (Å²) < 4.78 is 27.0. The van der Waals surface area contributed by atoms with Gasteiger partial charge >= 0.3 is 0 Å². The van der Waals surface area contributed by atoms with E-state index in [1.807, 2.05) is 0 Å². The van der Waals surface area contributed by atoms with Gasteiger partial charge in [0.1, 0.15) is 11.6 Å². The number of hydrogen-bond acceptors (Lipinski definition) is 2. The standard InChI is InChI=1S/C17H24F2N4O.HI/c1-23(2)16(24)11-21-17(22-14-5-3-4-6-14)20-10-12-9-13(18)7-8-15(12)19;/h7-9,14H,3-6,10-11H2,1-2H3,(H2,20,21,22);1H. The van der Waals surface area contributed by atoms with E-state index in [0.717, 1.165) is 43.9 Å². The molecule has 1 aliphatic rings. The Kier molecular flexibility index (Phi) is 9.09. The molecule has 1 aliphatic carbocycles. The average Bonchev–Trinajstić information content (AvgIpc) is 3.05. The number of nitrogens with one attached hydrogen (secondary N) is 2. The average molecular weight is 466 g/mol. The molecule has 1 aromatic rings. The fraction of sp³-hybridized carbons (Fsp3) is 0.529. The van der Waals surface area contributed by atoms with Crippen LogP contribution in [0.4, 0.5) is 8.78 Å². The molecule has 0 spiro atoms. The van der Waals surface area contributed by atoms with Crippen LogP contribution in [0.3, 0.4) is 0 Å². The fourth-order valence-corrected chi connectivity index (χ4v) is 2.56. The highest BCUT2D eigenvalue weighted by Gasteiger charge is 2.17. The lowest BCUT2D eigenvalue weighted by Gasteiger charge is -2.18. The molecular weight excluding hydrogens is 441 g/mol. The molecule has 0 unspecified atom stereocenters. The van der Waals surface area contributed by atoms with Crippen LogP contribution in [0.5, 0.6) is 0 Å². The third-order valence-corrected chi connectivity index (χ3v) is 4.02. The number of aliphatic imine (C=N–C) groups is 1. The first-order valence-corrected chi connectivity index (χ1v) is 8.14. The van der Waals surface area contributed by atoms with Crippen molar-refractivity contribution in [1.82, 2.24) is 15.5 Å². The number of carbonyl (C=O) groups excluding carboxylic acids is 1. The lowest BCUT2D eigenvalue weighted by atomic mass is 10.2. The summed E-state index contributed by atoms with van der Waals surface area (Å²) in [5.41, 5.74) is 0.182. The molecule has 0 radical (unpaired) electrons. The molecule has 2 rings (SSSR count). The van der Waals surface area contributed by atoms with Crippen LogP contribution in [0.2, 0.25) is 0 Å². The third kappa shape index (κ3) is 7.13. The van der Waals surface area contributed by atoms with Gasteiger partial charge in [0.15, 0.2) is 5.96 Å². The molecule has 0 heterocycles. The van der Waals surface area contributed by atoms with Crippen LogP contribution in [0.1, 0.15) is 31.2 Å². The Morgan fingerprint density at radius 1 is 1.28 bits per heavy atom. The molecular formula is C17H25F2IN4O. The van der Waals surface area contributed by atoms with E-state index in [-0.39, 0.29) is 48.5 Å². The quantitative estimate of drug-likeness (QED) is 0.399. The number of hydrogen-bond donors (Lipinski definition) is 2. The van der Waals surface area contributed by atoms with Gasteiger partial charge in [-0.25, -0.2) is 13.8 Å². The molecule has 1 fully saturated rings. The second-order valence-electron chi connectivity index (χ2n) is 6.17. The van der Waals surface area contributed by atoms with Crippen molar-refractivity contribution in [2.45, 2.75) is 38.3 Å². The number of guanidine groups is 1. The Morgan fingerprint density at radius 3 is 2.60 bits per heavy atom. The first-order valence-electron chi connectivity index (χ1n) is 8.14. The maximum Gasteiger partial charge on any atom is 0.241 e. The predicted molar refractivity (Wildman–Crippen MR) is 105 cm³/mol. The normalized spacial score (nSPS) is 14.8. The van der Waals surface area contributed by atoms with Gasteiger partial charge in [-0.3, -0.25) is 4.79 Å². The van der Waals surface area contributed by atoms with Gasteiger partial charge in [-0.05, 0) is 31.0 Å². The van der Waals surface area contributed by atoms with Crippen LogP contribution in [0.25, 0.3) is 0 Å². The van der Waals surface area contributed by atoms with Crippen LogP contribution in [-0.4, -0.2) is 43.4 Å². The molecule has 1 aromatic carbocycles. The highest BCUT2D eigenvalue weighted by Crippen LogP contribution is 2.17. The molecule has 1 saturated carbocycles. The van der Waals surface area contributed by atoms with E-state index < -0.39 is 11.6 Å². The van der Waals surface area contributed by atoms with Crippen LogP contribution in [0, 0.1) is 11.6 Å². The minimum absolute atomic E-state index is 0. The molecule has 0 aromatic heterocycles. The van der Waals surface area contributed by atoms with Gasteiger partial charge < -0.3 is 15.5 Å². The molecule has 0 atom stereocenters. The van der Waals surface area contributed by atoms with Crippen molar-refractivity contribution >= 4 is 35.8 Å². The number of amides is 1. The number of benzene rings is 1. The minimum Gasteiger partial charge on any atom is -0.354 e. The monoisotopic (exact) mass is 466 g/mol. The zero-order valence-electron chi connectivity index (χ0n) is 14.5. The van der Waals surface area contributed by atoms with Gasteiger partial charge in [0.25, 0.3) is 0 Å². The van der Waals surface area contributed by atoms with E-state index in [1.54, 1.807) is 14.1 Å². The maximum atomic E-state index is 13.7. The van der Waals surface area contributed by atoms with Crippen molar-refractivity contribution in [2.75, 3.05) is 20.6 Å². The first kappa shape index (κ1) is 21.6. The molecule has 0 aliphatic heterocycles. The van der Waals surface area contributed by atoms with Crippen LogP contribution in [-0.2, 0) is 11.3 Å². The highest BCUT2D eigenvalue weighted by molar-refractivity contribution is 14.0. The third-order valence-electron chi connectivity index (χ3n) is 4.02. The Bertz CT molecular complexity index is 604. The predicted octanol–water partition coefficient (Wildman–Crippen LogP) is 2.65. The van der Waals surface area contributed by atoms with E-state index in [0.29, 0.717) is 12.0 Å². The van der Waals surface area contributed by atoms with Crippen LogP contribution < -0.4 is 10.6 Å². The van der Waals surface area contributed by atoms with Gasteiger partial charge in [-0.1, -0.05) is 12.8 Å². The highest BCUT2D eigenvalue weighted by atomic mass is 127. The number of carbonyl (C=O) groups is 1. The van der Waals surface area contributed by atoms with E-state index in [9.17, 15) is 13.6 Å². The Balaban J connectivity index is 0.00000312. The largest absolute Gasteiger partial charge is 0.354 e. The van der Waals surface area contributed by atoms with Gasteiger partial charge in [0, 0.05) is 25.7 Å². The van der Waals surface area contributed by atoms with E-state index in [4.69, 9.17) is 0 Å². The Hall–Kier alpha value is -1.45. The van der Waals surface area contributed by atoms with Crippen molar-refractivity contribution < 1.29 is 13.6 Å². The summed E-state index contributed by atoms with van der Waals surface area (Å²) in [7, 11) is 3.35. The molecule has 8 heteroatoms. The molecule has 2 N–H and O–H groups in total. The number of nitrogens with zero attached hydrogens (tertiary/aromatic N) is 2. The Labute approximate surface area is 164 Å². The summed E-state index contributed by atoms with van der Waals surface area (Å²) in [4.78, 5) is 17.5. The molecule has 0 bridgehead atoms. The summed E-state index contributed by atoms with van der Waals surface area (Å²) >= 11 is 0. The van der Waals surface area contributed by atoms with E-state index in [1.165, 1.54) is 4.90 Å². The summed E-state index contributed by atoms with van der Waals surface area (Å²) in [6, 6.07) is 3.60. The SMILES string of the molecule is CN(C)C(=O)CNC(=NCc1cc(F)ccc1F)NC1CCCC1.I. The van der Waals surface area contributed by atoms with Gasteiger partial charge in [-0.2, -0.15) is 0 Å². The number of likely N-dealkylation sites (N-methyl/N-ethyl adjacent to an activating group) is 1. The molecule has 1 amide bonds. The van der Waals surface area contributed by atoms with Crippen molar-refractivity contribution in [3.8, 4) is 0 Å². The summed E-state index contributed by atoms with van der Waals surface area (Å²) in [5, 5.41) is 6.23. The first-order chi connectivity index (χ1) is 11.5. The van der Waals surface area contributed by atoms with Crippen LogP contribution >= 0.6 is 24.0 Å². The number of rotatable bonds is 5. The lowest BCUT2D eigenvalue weighted by molar-refractivity contribution is -0.127. The van der Waals surface area contributed by atoms with E-state index >= 15 is 0 Å². The fourth-order valence-electron chi connectivity index (χ4n) is 2.56. The zero-order chi connectivity index (χ0) is 17.5. The van der Waals surface area contributed by atoms with E-state index in [2.05, 4.69) is 15.6 Å². The molecule has 0 saturated heterocycles. The van der Waals surface area contributed by atoms with Crippen molar-refractivity contribution in [1.29, 1.82) is 0 Å².